The SMILES string of the molecule is CCn1nc(C)c(CN2CCC(Cc3ccc(CCNS(C)(=O)=O)cc3)CC2)c1C. The minimum atomic E-state index is -3.11. The fraction of sp³-hybridized carbons (Fsp3) is 0.609. The van der Waals surface area contributed by atoms with E-state index in [9.17, 15) is 8.42 Å². The van der Waals surface area contributed by atoms with Crippen molar-refractivity contribution in [1.29, 1.82) is 0 Å². The topological polar surface area (TPSA) is 67.2 Å². The highest BCUT2D eigenvalue weighted by Crippen LogP contribution is 2.24. The number of sulfonamides is 1. The molecule has 6 nitrogen and oxygen atoms in total. The van der Waals surface area contributed by atoms with Crippen molar-refractivity contribution in [2.24, 2.45) is 5.92 Å². The number of hydrogen-bond donors (Lipinski definition) is 1. The molecule has 1 N–H and O–H groups in total. The monoisotopic (exact) mass is 432 g/mol. The standard InChI is InChI=1S/C23H36N4O2S/c1-5-27-19(3)23(18(2)25-27)17-26-14-11-22(12-15-26)16-21-8-6-20(7-9-21)10-13-24-30(4,28)29/h6-9,22,24H,5,10-17H2,1-4H3. The summed E-state index contributed by atoms with van der Waals surface area (Å²) in [4.78, 5) is 2.57. The highest BCUT2D eigenvalue weighted by molar-refractivity contribution is 7.88. The lowest BCUT2D eigenvalue weighted by molar-refractivity contribution is 0.176. The van der Waals surface area contributed by atoms with Gasteiger partial charge in [0.15, 0.2) is 0 Å². The van der Waals surface area contributed by atoms with E-state index in [1.807, 2.05) is 0 Å². The molecule has 1 aliphatic heterocycles. The molecular weight excluding hydrogens is 396 g/mol. The summed E-state index contributed by atoms with van der Waals surface area (Å²) in [5.41, 5.74) is 6.43. The Kier molecular flexibility index (Phi) is 7.71. The number of rotatable bonds is 9. The molecule has 0 spiro atoms. The van der Waals surface area contributed by atoms with Crippen LogP contribution in [0.15, 0.2) is 24.3 Å². The Morgan fingerprint density at radius 2 is 1.73 bits per heavy atom. The van der Waals surface area contributed by atoms with Crippen LogP contribution in [-0.4, -0.2) is 49.0 Å². The zero-order chi connectivity index (χ0) is 21.7. The second-order valence-electron chi connectivity index (χ2n) is 8.62. The van der Waals surface area contributed by atoms with E-state index in [4.69, 9.17) is 0 Å². The van der Waals surface area contributed by atoms with Crippen LogP contribution in [0.25, 0.3) is 0 Å². The third-order valence-electron chi connectivity index (χ3n) is 6.25. The van der Waals surface area contributed by atoms with Crippen molar-refractivity contribution in [2.45, 2.75) is 59.5 Å². The van der Waals surface area contributed by atoms with E-state index in [1.165, 1.54) is 47.2 Å². The van der Waals surface area contributed by atoms with Gasteiger partial charge < -0.3 is 0 Å². The molecule has 0 unspecified atom stereocenters. The first kappa shape index (κ1) is 23.0. The molecular formula is C23H36N4O2S. The average Bonchev–Trinajstić information content (AvgIpc) is 2.97. The van der Waals surface area contributed by atoms with Crippen molar-refractivity contribution >= 4 is 10.0 Å². The number of nitrogens with zero attached hydrogens (tertiary/aromatic N) is 3. The number of aryl methyl sites for hydroxylation is 2. The lowest BCUT2D eigenvalue weighted by Crippen LogP contribution is -2.34. The van der Waals surface area contributed by atoms with E-state index < -0.39 is 10.0 Å². The number of nitrogens with one attached hydrogen (secondary N) is 1. The fourth-order valence-electron chi connectivity index (χ4n) is 4.40. The van der Waals surface area contributed by atoms with Crippen molar-refractivity contribution in [3.8, 4) is 0 Å². The van der Waals surface area contributed by atoms with E-state index in [0.29, 0.717) is 6.54 Å². The van der Waals surface area contributed by atoms with Gasteiger partial charge in [0.2, 0.25) is 10.0 Å². The van der Waals surface area contributed by atoms with Crippen LogP contribution in [0.2, 0.25) is 0 Å². The van der Waals surface area contributed by atoms with Crippen LogP contribution in [0.5, 0.6) is 0 Å². The zero-order valence-electron chi connectivity index (χ0n) is 18.8. The van der Waals surface area contributed by atoms with Crippen molar-refractivity contribution in [1.82, 2.24) is 19.4 Å². The normalized spacial score (nSPS) is 16.3. The molecule has 0 radical (unpaired) electrons. The summed E-state index contributed by atoms with van der Waals surface area (Å²) in [6, 6.07) is 8.67. The molecule has 0 bridgehead atoms. The molecule has 1 fully saturated rings. The molecule has 1 aromatic carbocycles. The van der Waals surface area contributed by atoms with Crippen LogP contribution in [-0.2, 0) is 36.0 Å². The molecule has 0 atom stereocenters. The second-order valence-corrected chi connectivity index (χ2v) is 10.5. The van der Waals surface area contributed by atoms with Gasteiger partial charge in [0.25, 0.3) is 0 Å². The van der Waals surface area contributed by atoms with E-state index >= 15 is 0 Å². The van der Waals surface area contributed by atoms with Gasteiger partial charge in [-0.05, 0) is 76.6 Å². The molecule has 1 saturated heterocycles. The van der Waals surface area contributed by atoms with E-state index in [-0.39, 0.29) is 0 Å². The Hall–Kier alpha value is -1.70. The van der Waals surface area contributed by atoms with Crippen LogP contribution in [0.4, 0.5) is 0 Å². The van der Waals surface area contributed by atoms with Crippen LogP contribution in [0, 0.1) is 19.8 Å². The second kappa shape index (κ2) is 10.1. The first-order valence-electron chi connectivity index (χ1n) is 11.0. The largest absolute Gasteiger partial charge is 0.299 e. The summed E-state index contributed by atoms with van der Waals surface area (Å²) in [6.07, 6.45) is 5.52. The molecule has 0 amide bonds. The van der Waals surface area contributed by atoms with Gasteiger partial charge in [-0.3, -0.25) is 9.58 Å². The summed E-state index contributed by atoms with van der Waals surface area (Å²) in [5.74, 6) is 0.736. The first-order chi connectivity index (χ1) is 14.2. The Balaban J connectivity index is 1.45. The smallest absolute Gasteiger partial charge is 0.208 e. The number of piperidine rings is 1. The first-order valence-corrected chi connectivity index (χ1v) is 12.9. The van der Waals surface area contributed by atoms with E-state index in [0.717, 1.165) is 44.9 Å². The Bertz CT molecular complexity index is 927. The van der Waals surface area contributed by atoms with Crippen molar-refractivity contribution < 1.29 is 8.42 Å². The van der Waals surface area contributed by atoms with Gasteiger partial charge in [0, 0.05) is 30.9 Å². The number of aromatic nitrogens is 2. The van der Waals surface area contributed by atoms with Gasteiger partial charge in [-0.2, -0.15) is 5.10 Å². The summed E-state index contributed by atoms with van der Waals surface area (Å²) in [6.45, 7) is 11.2. The molecule has 2 aromatic rings. The molecule has 0 aliphatic carbocycles. The van der Waals surface area contributed by atoms with Crippen LogP contribution in [0.1, 0.15) is 47.8 Å². The van der Waals surface area contributed by atoms with Crippen molar-refractivity contribution in [3.63, 3.8) is 0 Å². The molecule has 1 aromatic heterocycles. The summed E-state index contributed by atoms with van der Waals surface area (Å²) in [7, 11) is -3.11. The highest BCUT2D eigenvalue weighted by Gasteiger charge is 2.21. The fourth-order valence-corrected chi connectivity index (χ4v) is 4.87. The maximum atomic E-state index is 11.2. The van der Waals surface area contributed by atoms with Crippen molar-refractivity contribution in [2.75, 3.05) is 25.9 Å². The highest BCUT2D eigenvalue weighted by atomic mass is 32.2. The third-order valence-corrected chi connectivity index (χ3v) is 6.97. The van der Waals surface area contributed by atoms with E-state index in [2.05, 4.69) is 64.4 Å². The summed E-state index contributed by atoms with van der Waals surface area (Å²) < 4.78 is 27.0. The quantitative estimate of drug-likeness (QED) is 0.661. The summed E-state index contributed by atoms with van der Waals surface area (Å²) in [5, 5.41) is 4.66. The minimum Gasteiger partial charge on any atom is -0.299 e. The predicted molar refractivity (Wildman–Crippen MR) is 122 cm³/mol. The third kappa shape index (κ3) is 6.40. The van der Waals surface area contributed by atoms with Crippen LogP contribution in [0.3, 0.4) is 0 Å². The van der Waals surface area contributed by atoms with Gasteiger partial charge in [-0.1, -0.05) is 24.3 Å². The Morgan fingerprint density at radius 3 is 2.30 bits per heavy atom. The van der Waals surface area contributed by atoms with Gasteiger partial charge in [0.05, 0.1) is 11.9 Å². The Labute approximate surface area is 181 Å². The maximum absolute atomic E-state index is 11.2. The average molecular weight is 433 g/mol. The van der Waals surface area contributed by atoms with Gasteiger partial charge >= 0.3 is 0 Å². The van der Waals surface area contributed by atoms with Gasteiger partial charge in [-0.25, -0.2) is 13.1 Å². The van der Waals surface area contributed by atoms with Gasteiger partial charge in [0.1, 0.15) is 0 Å². The number of hydrogen-bond acceptors (Lipinski definition) is 4. The number of benzene rings is 1. The molecule has 7 heteroatoms. The lowest BCUT2D eigenvalue weighted by Gasteiger charge is -2.32. The maximum Gasteiger partial charge on any atom is 0.208 e. The predicted octanol–water partition coefficient (Wildman–Crippen LogP) is 3.07. The molecule has 1 aliphatic rings. The molecule has 166 valence electrons. The Morgan fingerprint density at radius 1 is 1.10 bits per heavy atom. The van der Waals surface area contributed by atoms with Crippen LogP contribution < -0.4 is 4.72 Å². The summed E-state index contributed by atoms with van der Waals surface area (Å²) >= 11 is 0. The molecule has 3 rings (SSSR count). The van der Waals surface area contributed by atoms with E-state index in [1.54, 1.807) is 0 Å². The zero-order valence-corrected chi connectivity index (χ0v) is 19.6. The molecule has 30 heavy (non-hydrogen) atoms. The lowest BCUT2D eigenvalue weighted by atomic mass is 9.89. The van der Waals surface area contributed by atoms with Crippen molar-refractivity contribution in [3.05, 3.63) is 52.3 Å². The van der Waals surface area contributed by atoms with Gasteiger partial charge in [-0.15, -0.1) is 0 Å². The minimum absolute atomic E-state index is 0.451. The molecule has 2 heterocycles. The van der Waals surface area contributed by atoms with Crippen LogP contribution >= 0.6 is 0 Å². The molecule has 0 saturated carbocycles. The number of likely N-dealkylation sites (tertiary alicyclic amines) is 1.